The molecule has 0 bridgehead atoms. The van der Waals surface area contributed by atoms with Gasteiger partial charge < -0.3 is 9.47 Å². The van der Waals surface area contributed by atoms with E-state index >= 15 is 0 Å². The molecule has 2 aromatic rings. The summed E-state index contributed by atoms with van der Waals surface area (Å²) in [5.74, 6) is 0.185. The van der Waals surface area contributed by atoms with Crippen LogP contribution >= 0.6 is 0 Å². The molecule has 0 heterocycles. The Hall–Kier alpha value is -2.66. The van der Waals surface area contributed by atoms with Crippen molar-refractivity contribution >= 4 is 11.8 Å². The Bertz CT molecular complexity index is 879. The van der Waals surface area contributed by atoms with Gasteiger partial charge in [-0.2, -0.15) is 0 Å². The van der Waals surface area contributed by atoms with E-state index in [0.29, 0.717) is 30.8 Å². The molecule has 5 nitrogen and oxygen atoms in total. The van der Waals surface area contributed by atoms with Crippen molar-refractivity contribution in [3.8, 4) is 5.75 Å². The summed E-state index contributed by atoms with van der Waals surface area (Å²) in [5, 5.41) is 3.25. The molecule has 0 unspecified atom stereocenters. The zero-order chi connectivity index (χ0) is 21.0. The van der Waals surface area contributed by atoms with E-state index < -0.39 is 5.54 Å². The van der Waals surface area contributed by atoms with Gasteiger partial charge in [0.1, 0.15) is 11.3 Å². The summed E-state index contributed by atoms with van der Waals surface area (Å²) in [7, 11) is 0. The fourth-order valence-corrected chi connectivity index (χ4v) is 3.83. The number of fused-ring (bicyclic) bond motifs is 1. The maximum absolute atomic E-state index is 13.1. The average molecular weight is 395 g/mol. The predicted octanol–water partition coefficient (Wildman–Crippen LogP) is 3.66. The van der Waals surface area contributed by atoms with E-state index in [1.807, 2.05) is 57.2 Å². The standard InChI is InChI=1S/C24H29NO4/c1-5-28-23(27)24(13-18-10-6-7-11-19(18)14-24)25-15-21(26)20-12-8-9-17(4)22(20)29-16(2)3/h6-12,16,25H,5,13-15H2,1-4H3. The van der Waals surface area contributed by atoms with Crippen LogP contribution in [0.1, 0.15) is 47.8 Å². The Morgan fingerprint density at radius 3 is 2.31 bits per heavy atom. The Kier molecular flexibility index (Phi) is 6.38. The molecule has 0 radical (unpaired) electrons. The van der Waals surface area contributed by atoms with Crippen LogP contribution < -0.4 is 10.1 Å². The first-order chi connectivity index (χ1) is 13.9. The fourth-order valence-electron chi connectivity index (χ4n) is 3.83. The lowest BCUT2D eigenvalue weighted by Crippen LogP contribution is -2.55. The van der Waals surface area contributed by atoms with Crippen LogP contribution in [0.5, 0.6) is 5.75 Å². The van der Waals surface area contributed by atoms with E-state index in [9.17, 15) is 9.59 Å². The Balaban J connectivity index is 1.82. The van der Waals surface area contributed by atoms with Crippen LogP contribution in [0.4, 0.5) is 0 Å². The van der Waals surface area contributed by atoms with Gasteiger partial charge in [-0.05, 0) is 50.5 Å². The Morgan fingerprint density at radius 1 is 1.07 bits per heavy atom. The smallest absolute Gasteiger partial charge is 0.327 e. The van der Waals surface area contributed by atoms with Crippen LogP contribution in [-0.2, 0) is 22.4 Å². The zero-order valence-electron chi connectivity index (χ0n) is 17.6. The predicted molar refractivity (Wildman–Crippen MR) is 112 cm³/mol. The van der Waals surface area contributed by atoms with Gasteiger partial charge in [0.15, 0.2) is 5.78 Å². The maximum atomic E-state index is 13.1. The number of aryl methyl sites for hydroxylation is 1. The highest BCUT2D eigenvalue weighted by Crippen LogP contribution is 2.32. The van der Waals surface area contributed by atoms with Crippen LogP contribution in [0.2, 0.25) is 0 Å². The second kappa shape index (κ2) is 8.78. The Morgan fingerprint density at radius 2 is 1.72 bits per heavy atom. The number of para-hydroxylation sites is 1. The van der Waals surface area contributed by atoms with E-state index in [0.717, 1.165) is 16.7 Å². The molecule has 5 heteroatoms. The number of ether oxygens (including phenoxy) is 2. The molecule has 1 aliphatic rings. The molecule has 0 aromatic heterocycles. The molecule has 154 valence electrons. The van der Waals surface area contributed by atoms with Gasteiger partial charge >= 0.3 is 5.97 Å². The van der Waals surface area contributed by atoms with Gasteiger partial charge in [-0.3, -0.25) is 14.9 Å². The normalized spacial score (nSPS) is 14.5. The minimum Gasteiger partial charge on any atom is -0.490 e. The van der Waals surface area contributed by atoms with Gasteiger partial charge in [0.25, 0.3) is 0 Å². The number of nitrogens with one attached hydrogen (secondary N) is 1. The maximum Gasteiger partial charge on any atom is 0.327 e. The number of rotatable bonds is 8. The molecule has 0 spiro atoms. The van der Waals surface area contributed by atoms with E-state index in [1.165, 1.54) is 0 Å². The topological polar surface area (TPSA) is 64.6 Å². The van der Waals surface area contributed by atoms with Crippen molar-refractivity contribution in [1.82, 2.24) is 5.32 Å². The number of benzene rings is 2. The van der Waals surface area contributed by atoms with Crippen molar-refractivity contribution in [3.05, 3.63) is 64.7 Å². The summed E-state index contributed by atoms with van der Waals surface area (Å²) in [6.07, 6.45) is 0.988. The summed E-state index contributed by atoms with van der Waals surface area (Å²) in [6.45, 7) is 7.92. The largest absolute Gasteiger partial charge is 0.490 e. The quantitative estimate of drug-likeness (QED) is 0.546. The molecule has 0 amide bonds. The number of Topliss-reactive ketones (excluding diaryl/α,β-unsaturated/α-hetero) is 1. The summed E-state index contributed by atoms with van der Waals surface area (Å²) in [5.41, 5.74) is 2.75. The first-order valence-electron chi connectivity index (χ1n) is 10.1. The van der Waals surface area contributed by atoms with E-state index in [1.54, 1.807) is 13.0 Å². The van der Waals surface area contributed by atoms with E-state index in [4.69, 9.17) is 9.47 Å². The molecule has 3 rings (SSSR count). The molecule has 29 heavy (non-hydrogen) atoms. The second-order valence-corrected chi connectivity index (χ2v) is 7.82. The van der Waals surface area contributed by atoms with Crippen molar-refractivity contribution in [2.45, 2.75) is 52.2 Å². The summed E-state index contributed by atoms with van der Waals surface area (Å²) < 4.78 is 11.2. The third-order valence-electron chi connectivity index (χ3n) is 5.22. The third kappa shape index (κ3) is 4.51. The zero-order valence-corrected chi connectivity index (χ0v) is 17.6. The number of carbonyl (C=O) groups excluding carboxylic acids is 2. The minimum atomic E-state index is -0.918. The first kappa shape index (κ1) is 21.1. The SMILES string of the molecule is CCOC(=O)C1(NCC(=O)c2cccc(C)c2OC(C)C)Cc2ccccc2C1. The van der Waals surface area contributed by atoms with Gasteiger partial charge in [0.2, 0.25) is 0 Å². The average Bonchev–Trinajstić information content (AvgIpc) is 3.07. The van der Waals surface area contributed by atoms with Gasteiger partial charge in [-0.15, -0.1) is 0 Å². The van der Waals surface area contributed by atoms with Crippen LogP contribution in [0.15, 0.2) is 42.5 Å². The Labute approximate surface area is 172 Å². The van der Waals surface area contributed by atoms with E-state index in [-0.39, 0.29) is 24.4 Å². The number of hydrogen-bond donors (Lipinski definition) is 1. The first-order valence-corrected chi connectivity index (χ1v) is 10.1. The number of hydrogen-bond acceptors (Lipinski definition) is 5. The monoisotopic (exact) mass is 395 g/mol. The van der Waals surface area contributed by atoms with Crippen LogP contribution in [0.3, 0.4) is 0 Å². The molecular formula is C24H29NO4. The summed E-state index contributed by atoms with van der Waals surface area (Å²) in [6, 6.07) is 13.5. The summed E-state index contributed by atoms with van der Waals surface area (Å²) in [4.78, 5) is 25.9. The van der Waals surface area contributed by atoms with Gasteiger partial charge in [0, 0.05) is 12.8 Å². The molecular weight excluding hydrogens is 366 g/mol. The molecule has 0 atom stereocenters. The lowest BCUT2D eigenvalue weighted by atomic mass is 9.95. The lowest BCUT2D eigenvalue weighted by molar-refractivity contribution is -0.150. The van der Waals surface area contributed by atoms with Crippen molar-refractivity contribution in [2.24, 2.45) is 0 Å². The molecule has 0 saturated carbocycles. The summed E-state index contributed by atoms with van der Waals surface area (Å²) >= 11 is 0. The lowest BCUT2D eigenvalue weighted by Gasteiger charge is -2.28. The number of ketones is 1. The molecule has 1 N–H and O–H groups in total. The molecule has 0 saturated heterocycles. The molecule has 2 aromatic carbocycles. The highest BCUT2D eigenvalue weighted by Gasteiger charge is 2.45. The minimum absolute atomic E-state index is 0.0325. The second-order valence-electron chi connectivity index (χ2n) is 7.82. The van der Waals surface area contributed by atoms with Gasteiger partial charge in [0.05, 0.1) is 24.8 Å². The van der Waals surface area contributed by atoms with Crippen LogP contribution in [0, 0.1) is 6.92 Å². The van der Waals surface area contributed by atoms with Crippen molar-refractivity contribution in [3.63, 3.8) is 0 Å². The molecule has 1 aliphatic carbocycles. The van der Waals surface area contributed by atoms with Gasteiger partial charge in [-0.25, -0.2) is 0 Å². The highest BCUT2D eigenvalue weighted by atomic mass is 16.5. The molecule has 0 fully saturated rings. The highest BCUT2D eigenvalue weighted by molar-refractivity contribution is 6.01. The van der Waals surface area contributed by atoms with Crippen LogP contribution in [-0.4, -0.2) is 36.5 Å². The fraction of sp³-hybridized carbons (Fsp3) is 0.417. The van der Waals surface area contributed by atoms with Crippen molar-refractivity contribution < 1.29 is 19.1 Å². The van der Waals surface area contributed by atoms with E-state index in [2.05, 4.69) is 5.32 Å². The number of esters is 1. The van der Waals surface area contributed by atoms with Crippen molar-refractivity contribution in [1.29, 1.82) is 0 Å². The number of carbonyl (C=O) groups is 2. The third-order valence-corrected chi connectivity index (χ3v) is 5.22. The van der Waals surface area contributed by atoms with Crippen LogP contribution in [0.25, 0.3) is 0 Å². The molecule has 0 aliphatic heterocycles. The van der Waals surface area contributed by atoms with Gasteiger partial charge in [-0.1, -0.05) is 36.4 Å². The van der Waals surface area contributed by atoms with Crippen molar-refractivity contribution in [2.75, 3.05) is 13.2 Å².